The van der Waals surface area contributed by atoms with Crippen molar-refractivity contribution in [3.63, 3.8) is 0 Å². The van der Waals surface area contributed by atoms with Gasteiger partial charge in [0.05, 0.1) is 13.2 Å². The van der Waals surface area contributed by atoms with E-state index in [0.29, 0.717) is 19.5 Å². The Morgan fingerprint density at radius 3 is 2.50 bits per heavy atom. The van der Waals surface area contributed by atoms with Crippen LogP contribution in [-0.2, 0) is 9.53 Å². The van der Waals surface area contributed by atoms with Crippen LogP contribution in [0.4, 0.5) is 0 Å². The topological polar surface area (TPSA) is 67.6 Å². The quantitative estimate of drug-likeness (QED) is 0.754. The minimum absolute atomic E-state index is 0.0189. The van der Waals surface area contributed by atoms with E-state index in [1.165, 1.54) is 6.42 Å². The van der Waals surface area contributed by atoms with Crippen LogP contribution in [0.25, 0.3) is 0 Å². The van der Waals surface area contributed by atoms with Gasteiger partial charge in [0.25, 0.3) is 0 Å². The monoisotopic (exact) mass is 283 g/mol. The van der Waals surface area contributed by atoms with Gasteiger partial charge in [0.1, 0.15) is 0 Å². The van der Waals surface area contributed by atoms with Crippen molar-refractivity contribution >= 4 is 5.91 Å². The largest absolute Gasteiger partial charge is 0.379 e. The molecule has 5 nitrogen and oxygen atoms in total. The Morgan fingerprint density at radius 2 is 2.00 bits per heavy atom. The number of hydrogen-bond donors (Lipinski definition) is 2. The molecule has 0 bridgehead atoms. The molecule has 116 valence electrons. The summed E-state index contributed by atoms with van der Waals surface area (Å²) >= 11 is 0. The van der Waals surface area contributed by atoms with E-state index in [4.69, 9.17) is 10.5 Å². The Kier molecular flexibility index (Phi) is 5.04. The Morgan fingerprint density at radius 1 is 1.35 bits per heavy atom. The van der Waals surface area contributed by atoms with Crippen LogP contribution in [0.15, 0.2) is 0 Å². The highest BCUT2D eigenvalue weighted by Crippen LogP contribution is 2.42. The van der Waals surface area contributed by atoms with E-state index in [0.717, 1.165) is 39.1 Å². The van der Waals surface area contributed by atoms with Crippen LogP contribution in [0.1, 0.15) is 39.5 Å². The van der Waals surface area contributed by atoms with E-state index in [2.05, 4.69) is 24.1 Å². The molecule has 1 amide bonds. The van der Waals surface area contributed by atoms with Crippen molar-refractivity contribution in [2.45, 2.75) is 45.1 Å². The number of rotatable bonds is 6. The Bertz CT molecular complexity index is 329. The Hall–Kier alpha value is -0.650. The van der Waals surface area contributed by atoms with E-state index in [1.54, 1.807) is 0 Å². The summed E-state index contributed by atoms with van der Waals surface area (Å²) in [5.74, 6) is 0.150. The number of amides is 1. The van der Waals surface area contributed by atoms with Gasteiger partial charge in [-0.05, 0) is 38.6 Å². The van der Waals surface area contributed by atoms with Crippen molar-refractivity contribution in [2.24, 2.45) is 11.1 Å². The lowest BCUT2D eigenvalue weighted by atomic mass is 9.66. The molecule has 0 aromatic heterocycles. The molecule has 1 heterocycles. The Balaban J connectivity index is 1.76. The molecule has 1 aliphatic heterocycles. The fourth-order valence-electron chi connectivity index (χ4n) is 3.13. The third kappa shape index (κ3) is 3.71. The summed E-state index contributed by atoms with van der Waals surface area (Å²) in [6.07, 6.45) is 4.00. The number of morpholine rings is 1. The second-order valence-corrected chi connectivity index (χ2v) is 6.92. The minimum atomic E-state index is -0.0189. The fourth-order valence-corrected chi connectivity index (χ4v) is 3.13. The lowest BCUT2D eigenvalue weighted by Gasteiger charge is -2.42. The number of nitrogens with one attached hydrogen (secondary N) is 1. The molecule has 0 aromatic rings. The van der Waals surface area contributed by atoms with Gasteiger partial charge < -0.3 is 15.8 Å². The molecule has 3 N–H and O–H groups in total. The summed E-state index contributed by atoms with van der Waals surface area (Å²) in [5.41, 5.74) is 5.89. The van der Waals surface area contributed by atoms with Crippen molar-refractivity contribution < 1.29 is 9.53 Å². The SMILES string of the molecule is CC(C)(CNC(=O)CC1(CN)CCC1)N1CCOCC1. The first-order valence-electron chi connectivity index (χ1n) is 7.77. The summed E-state index contributed by atoms with van der Waals surface area (Å²) in [6, 6.07) is 0. The van der Waals surface area contributed by atoms with Gasteiger partial charge in [-0.15, -0.1) is 0 Å². The second-order valence-electron chi connectivity index (χ2n) is 6.92. The molecule has 2 fully saturated rings. The number of hydrogen-bond acceptors (Lipinski definition) is 4. The number of carbonyl (C=O) groups is 1. The first-order chi connectivity index (χ1) is 9.47. The minimum Gasteiger partial charge on any atom is -0.379 e. The predicted octanol–water partition coefficient (Wildman–Crippen LogP) is 0.733. The van der Waals surface area contributed by atoms with E-state index in [1.807, 2.05) is 0 Å². The molecular formula is C15H29N3O2. The van der Waals surface area contributed by atoms with Gasteiger partial charge >= 0.3 is 0 Å². The van der Waals surface area contributed by atoms with Crippen LogP contribution in [0.5, 0.6) is 0 Å². The normalized spacial score (nSPS) is 23.1. The van der Waals surface area contributed by atoms with Gasteiger partial charge in [0.2, 0.25) is 5.91 Å². The zero-order valence-corrected chi connectivity index (χ0v) is 12.9. The summed E-state index contributed by atoms with van der Waals surface area (Å²) < 4.78 is 5.38. The van der Waals surface area contributed by atoms with Gasteiger partial charge in [0, 0.05) is 31.6 Å². The molecule has 0 aromatic carbocycles. The van der Waals surface area contributed by atoms with Crippen LogP contribution in [-0.4, -0.2) is 55.7 Å². The van der Waals surface area contributed by atoms with Crippen LogP contribution < -0.4 is 11.1 Å². The number of carbonyl (C=O) groups excluding carboxylic acids is 1. The van der Waals surface area contributed by atoms with Gasteiger partial charge in [0.15, 0.2) is 0 Å². The summed E-state index contributed by atoms with van der Waals surface area (Å²) in [7, 11) is 0. The standard InChI is InChI=1S/C15H29N3O2/c1-14(2,18-6-8-20-9-7-18)12-17-13(19)10-15(11-16)4-3-5-15/h3-12,16H2,1-2H3,(H,17,19). The van der Waals surface area contributed by atoms with Crippen molar-refractivity contribution in [3.05, 3.63) is 0 Å². The first-order valence-corrected chi connectivity index (χ1v) is 7.77. The van der Waals surface area contributed by atoms with Crippen molar-refractivity contribution in [1.82, 2.24) is 10.2 Å². The number of nitrogens with two attached hydrogens (primary N) is 1. The molecule has 1 aliphatic carbocycles. The summed E-state index contributed by atoms with van der Waals surface area (Å²) in [5, 5.41) is 3.10. The van der Waals surface area contributed by atoms with Crippen LogP contribution >= 0.6 is 0 Å². The van der Waals surface area contributed by atoms with Crippen LogP contribution in [0.3, 0.4) is 0 Å². The highest BCUT2D eigenvalue weighted by molar-refractivity contribution is 5.77. The highest BCUT2D eigenvalue weighted by Gasteiger charge is 2.38. The molecule has 1 saturated carbocycles. The second kappa shape index (κ2) is 6.41. The molecule has 2 rings (SSSR count). The van der Waals surface area contributed by atoms with Gasteiger partial charge in [-0.1, -0.05) is 6.42 Å². The lowest BCUT2D eigenvalue weighted by molar-refractivity contribution is -0.125. The van der Waals surface area contributed by atoms with Crippen molar-refractivity contribution in [3.8, 4) is 0 Å². The van der Waals surface area contributed by atoms with Crippen LogP contribution in [0.2, 0.25) is 0 Å². The maximum Gasteiger partial charge on any atom is 0.220 e. The van der Waals surface area contributed by atoms with Gasteiger partial charge in [-0.2, -0.15) is 0 Å². The third-order valence-electron chi connectivity index (χ3n) is 4.97. The van der Waals surface area contributed by atoms with Crippen LogP contribution in [0, 0.1) is 5.41 Å². The molecule has 5 heteroatoms. The zero-order valence-electron chi connectivity index (χ0n) is 12.9. The summed E-state index contributed by atoms with van der Waals surface area (Å²) in [4.78, 5) is 14.5. The van der Waals surface area contributed by atoms with E-state index in [-0.39, 0.29) is 16.9 Å². The van der Waals surface area contributed by atoms with Gasteiger partial charge in [-0.25, -0.2) is 0 Å². The highest BCUT2D eigenvalue weighted by atomic mass is 16.5. The van der Waals surface area contributed by atoms with E-state index >= 15 is 0 Å². The molecule has 20 heavy (non-hydrogen) atoms. The predicted molar refractivity (Wildman–Crippen MR) is 79.4 cm³/mol. The molecule has 2 aliphatic rings. The van der Waals surface area contributed by atoms with E-state index < -0.39 is 0 Å². The lowest BCUT2D eigenvalue weighted by Crippen LogP contribution is -2.55. The average molecular weight is 283 g/mol. The molecule has 0 unspecified atom stereocenters. The average Bonchev–Trinajstić information content (AvgIpc) is 2.42. The fraction of sp³-hybridized carbons (Fsp3) is 0.933. The van der Waals surface area contributed by atoms with Crippen molar-refractivity contribution in [2.75, 3.05) is 39.4 Å². The molecule has 1 saturated heterocycles. The summed E-state index contributed by atoms with van der Waals surface area (Å²) in [6.45, 7) is 9.13. The molecule has 0 radical (unpaired) electrons. The first kappa shape index (κ1) is 15.7. The molecular weight excluding hydrogens is 254 g/mol. The molecule has 0 spiro atoms. The Labute approximate surface area is 122 Å². The third-order valence-corrected chi connectivity index (χ3v) is 4.97. The van der Waals surface area contributed by atoms with Gasteiger partial charge in [-0.3, -0.25) is 9.69 Å². The molecule has 0 atom stereocenters. The smallest absolute Gasteiger partial charge is 0.220 e. The zero-order chi connectivity index (χ0) is 14.6. The maximum absolute atomic E-state index is 12.1. The number of nitrogens with zero attached hydrogens (tertiary/aromatic N) is 1. The van der Waals surface area contributed by atoms with Crippen molar-refractivity contribution in [1.29, 1.82) is 0 Å². The maximum atomic E-state index is 12.1. The number of ether oxygens (including phenoxy) is 1. The van der Waals surface area contributed by atoms with E-state index in [9.17, 15) is 4.79 Å².